The Hall–Kier alpha value is -0.530. The fourth-order valence-electron chi connectivity index (χ4n) is 3.42. The van der Waals surface area contributed by atoms with E-state index in [4.69, 9.17) is 9.47 Å². The number of likely N-dealkylation sites (tertiary alicyclic amines) is 1. The van der Waals surface area contributed by atoms with Crippen LogP contribution in [0.2, 0.25) is 0 Å². The number of nitrogens with zero attached hydrogens (tertiary/aromatic N) is 3. The van der Waals surface area contributed by atoms with Crippen LogP contribution in [0.15, 0.2) is 11.6 Å². The molecule has 3 heterocycles. The molecule has 0 radical (unpaired) electrons. The molecule has 1 atom stereocenters. The molecule has 0 aromatic carbocycles. The lowest BCUT2D eigenvalue weighted by atomic mass is 9.87. The minimum Gasteiger partial charge on any atom is -0.383 e. The highest BCUT2D eigenvalue weighted by Gasteiger charge is 2.40. The minimum absolute atomic E-state index is 0.293. The Morgan fingerprint density at radius 2 is 2.29 bits per heavy atom. The third-order valence-corrected chi connectivity index (χ3v) is 5.25. The van der Waals surface area contributed by atoms with E-state index >= 15 is 0 Å². The van der Waals surface area contributed by atoms with Gasteiger partial charge in [-0.3, -0.25) is 4.90 Å². The van der Waals surface area contributed by atoms with Gasteiger partial charge in [0.15, 0.2) is 0 Å². The van der Waals surface area contributed by atoms with Crippen molar-refractivity contribution >= 4 is 11.3 Å². The average Bonchev–Trinajstić information content (AvgIpc) is 3.07. The van der Waals surface area contributed by atoms with Gasteiger partial charge in [-0.25, -0.2) is 4.98 Å². The zero-order valence-electron chi connectivity index (χ0n) is 12.8. The fourth-order valence-corrected chi connectivity index (χ4v) is 4.08. The van der Waals surface area contributed by atoms with Crippen LogP contribution in [0.5, 0.6) is 0 Å². The molecule has 118 valence electrons. The Bertz CT molecular complexity index is 429. The van der Waals surface area contributed by atoms with Crippen LogP contribution in [0.3, 0.4) is 0 Å². The second-order valence-corrected chi connectivity index (χ2v) is 7.19. The van der Waals surface area contributed by atoms with Crippen molar-refractivity contribution in [1.82, 2.24) is 14.8 Å². The third kappa shape index (κ3) is 4.02. The van der Waals surface area contributed by atoms with Crippen molar-refractivity contribution in [2.45, 2.75) is 13.0 Å². The second kappa shape index (κ2) is 7.15. The van der Waals surface area contributed by atoms with Gasteiger partial charge in [0.1, 0.15) is 5.01 Å². The molecule has 2 aliphatic heterocycles. The molecule has 1 spiro atoms. The van der Waals surface area contributed by atoms with Crippen LogP contribution >= 0.6 is 11.3 Å². The Morgan fingerprint density at radius 3 is 3.10 bits per heavy atom. The van der Waals surface area contributed by atoms with E-state index in [0.717, 1.165) is 59.1 Å². The SMILES string of the molecule is COCCN1CC[C@]2(COCCN(Cc3nccs3)C2)C1. The van der Waals surface area contributed by atoms with Gasteiger partial charge in [-0.2, -0.15) is 0 Å². The summed E-state index contributed by atoms with van der Waals surface area (Å²) < 4.78 is 11.1. The van der Waals surface area contributed by atoms with E-state index in [1.165, 1.54) is 11.4 Å². The number of ether oxygens (including phenoxy) is 2. The largest absolute Gasteiger partial charge is 0.383 e. The summed E-state index contributed by atoms with van der Waals surface area (Å²) in [4.78, 5) is 9.45. The van der Waals surface area contributed by atoms with Gasteiger partial charge in [0, 0.05) is 50.3 Å². The number of thiazole rings is 1. The molecule has 0 aliphatic carbocycles. The van der Waals surface area contributed by atoms with E-state index in [1.807, 2.05) is 6.20 Å². The van der Waals surface area contributed by atoms with Crippen molar-refractivity contribution in [1.29, 1.82) is 0 Å². The highest BCUT2D eigenvalue weighted by Crippen LogP contribution is 2.33. The van der Waals surface area contributed by atoms with Gasteiger partial charge in [0.2, 0.25) is 0 Å². The first-order chi connectivity index (χ1) is 10.3. The second-order valence-electron chi connectivity index (χ2n) is 6.21. The Labute approximate surface area is 130 Å². The summed E-state index contributed by atoms with van der Waals surface area (Å²) in [7, 11) is 1.77. The highest BCUT2D eigenvalue weighted by atomic mass is 32.1. The van der Waals surface area contributed by atoms with Crippen molar-refractivity contribution in [3.8, 4) is 0 Å². The average molecular weight is 311 g/mol. The summed E-state index contributed by atoms with van der Waals surface area (Å²) in [6, 6.07) is 0. The number of rotatable bonds is 5. The minimum atomic E-state index is 0.293. The van der Waals surface area contributed by atoms with Gasteiger partial charge < -0.3 is 14.4 Å². The molecule has 0 bridgehead atoms. The topological polar surface area (TPSA) is 37.8 Å². The zero-order chi connectivity index (χ0) is 14.5. The van der Waals surface area contributed by atoms with Gasteiger partial charge in [-0.15, -0.1) is 11.3 Å². The molecule has 5 nitrogen and oxygen atoms in total. The van der Waals surface area contributed by atoms with Gasteiger partial charge in [-0.05, 0) is 13.0 Å². The molecule has 3 rings (SSSR count). The standard InChI is InChI=1S/C15H25N3O2S/c1-19-7-5-17-4-2-15(11-17)12-18(6-8-20-13-15)10-14-16-3-9-21-14/h3,9H,2,4-8,10-13H2,1H3/t15-/m0/s1. The van der Waals surface area contributed by atoms with Gasteiger partial charge >= 0.3 is 0 Å². The van der Waals surface area contributed by atoms with Crippen molar-refractivity contribution < 1.29 is 9.47 Å². The first-order valence-electron chi connectivity index (χ1n) is 7.69. The van der Waals surface area contributed by atoms with Crippen molar-refractivity contribution in [2.24, 2.45) is 5.41 Å². The molecule has 1 aromatic rings. The van der Waals surface area contributed by atoms with Crippen LogP contribution in [0.1, 0.15) is 11.4 Å². The van der Waals surface area contributed by atoms with Crippen LogP contribution in [0.25, 0.3) is 0 Å². The smallest absolute Gasteiger partial charge is 0.107 e. The molecule has 2 aliphatic rings. The Morgan fingerprint density at radius 1 is 1.38 bits per heavy atom. The van der Waals surface area contributed by atoms with E-state index in [9.17, 15) is 0 Å². The third-order valence-electron chi connectivity index (χ3n) is 4.49. The quantitative estimate of drug-likeness (QED) is 0.820. The summed E-state index contributed by atoms with van der Waals surface area (Å²) in [6.45, 7) is 8.97. The van der Waals surface area contributed by atoms with Crippen LogP contribution in [0, 0.1) is 5.41 Å². The summed E-state index contributed by atoms with van der Waals surface area (Å²) >= 11 is 1.75. The molecule has 0 saturated carbocycles. The lowest BCUT2D eigenvalue weighted by molar-refractivity contribution is 0.0682. The van der Waals surface area contributed by atoms with Crippen LogP contribution in [-0.2, 0) is 16.0 Å². The molecule has 1 aromatic heterocycles. The predicted octanol–water partition coefficient (Wildman–Crippen LogP) is 1.31. The van der Waals surface area contributed by atoms with Crippen LogP contribution in [0.4, 0.5) is 0 Å². The van der Waals surface area contributed by atoms with Crippen molar-refractivity contribution in [2.75, 3.05) is 59.7 Å². The number of methoxy groups -OCH3 is 1. The molecular formula is C15H25N3O2S. The molecule has 0 amide bonds. The molecule has 0 unspecified atom stereocenters. The molecule has 2 saturated heterocycles. The van der Waals surface area contributed by atoms with Gasteiger partial charge in [0.25, 0.3) is 0 Å². The molecule has 2 fully saturated rings. The zero-order valence-corrected chi connectivity index (χ0v) is 13.6. The van der Waals surface area contributed by atoms with Crippen molar-refractivity contribution in [3.63, 3.8) is 0 Å². The fraction of sp³-hybridized carbons (Fsp3) is 0.800. The summed E-state index contributed by atoms with van der Waals surface area (Å²) in [6.07, 6.45) is 3.12. The first kappa shape index (κ1) is 15.4. The van der Waals surface area contributed by atoms with Gasteiger partial charge in [-0.1, -0.05) is 0 Å². The monoisotopic (exact) mass is 311 g/mol. The summed E-state index contributed by atoms with van der Waals surface area (Å²) in [5.41, 5.74) is 0.293. The molecular weight excluding hydrogens is 286 g/mol. The lowest BCUT2D eigenvalue weighted by Gasteiger charge is -2.31. The summed E-state index contributed by atoms with van der Waals surface area (Å²) in [5, 5.41) is 3.27. The van der Waals surface area contributed by atoms with Crippen molar-refractivity contribution in [3.05, 3.63) is 16.6 Å². The maximum Gasteiger partial charge on any atom is 0.107 e. The van der Waals surface area contributed by atoms with Crippen LogP contribution < -0.4 is 0 Å². The molecule has 0 N–H and O–H groups in total. The maximum atomic E-state index is 5.92. The number of hydrogen-bond donors (Lipinski definition) is 0. The van der Waals surface area contributed by atoms with E-state index in [2.05, 4.69) is 20.2 Å². The summed E-state index contributed by atoms with van der Waals surface area (Å²) in [5.74, 6) is 0. The lowest BCUT2D eigenvalue weighted by Crippen LogP contribution is -2.40. The first-order valence-corrected chi connectivity index (χ1v) is 8.57. The maximum absolute atomic E-state index is 5.92. The van der Waals surface area contributed by atoms with Crippen LogP contribution in [-0.4, -0.2) is 74.4 Å². The Balaban J connectivity index is 1.59. The predicted molar refractivity (Wildman–Crippen MR) is 83.6 cm³/mol. The van der Waals surface area contributed by atoms with E-state index < -0.39 is 0 Å². The van der Waals surface area contributed by atoms with E-state index in [-0.39, 0.29) is 0 Å². The number of aromatic nitrogens is 1. The molecule has 6 heteroatoms. The van der Waals surface area contributed by atoms with E-state index in [0.29, 0.717) is 5.41 Å². The Kier molecular flexibility index (Phi) is 5.24. The van der Waals surface area contributed by atoms with E-state index in [1.54, 1.807) is 18.4 Å². The van der Waals surface area contributed by atoms with Gasteiger partial charge in [0.05, 0.1) is 26.4 Å². The number of hydrogen-bond acceptors (Lipinski definition) is 6. The molecule has 21 heavy (non-hydrogen) atoms. The highest BCUT2D eigenvalue weighted by molar-refractivity contribution is 7.09. The normalized spacial score (nSPS) is 28.2.